The summed E-state index contributed by atoms with van der Waals surface area (Å²) in [6.45, 7) is 1.94. The molecule has 1 N–H and O–H groups in total. The van der Waals surface area contributed by atoms with E-state index in [2.05, 4.69) is 20.5 Å². The molecule has 0 aliphatic heterocycles. The van der Waals surface area contributed by atoms with E-state index in [1.807, 2.05) is 54.8 Å². The van der Waals surface area contributed by atoms with Gasteiger partial charge in [-0.1, -0.05) is 29.4 Å². The fourth-order valence-corrected chi connectivity index (χ4v) is 4.38. The average Bonchev–Trinajstić information content (AvgIpc) is 3.44. The fraction of sp³-hybridized carbons (Fsp3) is 0.143. The molecular weight excluding hydrogens is 454 g/mol. The summed E-state index contributed by atoms with van der Waals surface area (Å²) in [6.07, 6.45) is 1.60. The van der Waals surface area contributed by atoms with E-state index in [1.165, 1.54) is 23.1 Å². The van der Waals surface area contributed by atoms with Crippen LogP contribution < -0.4 is 10.1 Å². The first kappa shape index (κ1) is 21.4. The average molecular weight is 472 g/mol. The van der Waals surface area contributed by atoms with Crippen molar-refractivity contribution in [2.24, 2.45) is 0 Å². The second-order valence-corrected chi connectivity index (χ2v) is 8.73. The first-order valence-electron chi connectivity index (χ1n) is 9.22. The molecule has 31 heavy (non-hydrogen) atoms. The number of aromatic nitrogens is 4. The van der Waals surface area contributed by atoms with Crippen molar-refractivity contribution in [1.82, 2.24) is 19.7 Å². The van der Waals surface area contributed by atoms with Crippen LogP contribution in [0, 0.1) is 6.92 Å². The molecule has 0 fully saturated rings. The van der Waals surface area contributed by atoms with Gasteiger partial charge in [-0.3, -0.25) is 9.36 Å². The number of rotatable bonds is 7. The van der Waals surface area contributed by atoms with E-state index in [4.69, 9.17) is 16.3 Å². The normalized spacial score (nSPS) is 10.8. The molecule has 0 aliphatic carbocycles. The van der Waals surface area contributed by atoms with Crippen molar-refractivity contribution in [3.05, 3.63) is 64.8 Å². The zero-order chi connectivity index (χ0) is 21.8. The summed E-state index contributed by atoms with van der Waals surface area (Å²) in [5.41, 5.74) is 3.58. The number of nitrogens with zero attached hydrogens (tertiary/aromatic N) is 4. The molecule has 4 rings (SSSR count). The standard InChI is InChI=1S/C21H18ClN5O2S2/c1-13-3-6-15(9-17(13)22)27-12-23-26-21(27)31-11-19(28)25-20-24-18(10-30-20)14-4-7-16(29-2)8-5-14/h3-10,12H,11H2,1-2H3,(H,24,25,28). The van der Waals surface area contributed by atoms with Crippen molar-refractivity contribution in [2.45, 2.75) is 12.1 Å². The zero-order valence-electron chi connectivity index (χ0n) is 16.7. The molecule has 0 unspecified atom stereocenters. The number of benzene rings is 2. The van der Waals surface area contributed by atoms with Crippen molar-refractivity contribution < 1.29 is 9.53 Å². The quantitative estimate of drug-likeness (QED) is 0.378. The monoisotopic (exact) mass is 471 g/mol. The molecule has 0 radical (unpaired) electrons. The first-order chi connectivity index (χ1) is 15.0. The highest BCUT2D eigenvalue weighted by molar-refractivity contribution is 7.99. The minimum absolute atomic E-state index is 0.169. The number of anilines is 1. The minimum atomic E-state index is -0.169. The smallest absolute Gasteiger partial charge is 0.236 e. The third-order valence-corrected chi connectivity index (χ3v) is 6.53. The van der Waals surface area contributed by atoms with Gasteiger partial charge in [0.05, 0.1) is 24.2 Å². The Kier molecular flexibility index (Phi) is 6.55. The van der Waals surface area contributed by atoms with Crippen LogP contribution in [-0.2, 0) is 4.79 Å². The van der Waals surface area contributed by atoms with Crippen molar-refractivity contribution in [3.8, 4) is 22.7 Å². The van der Waals surface area contributed by atoms with Crippen LogP contribution in [0.15, 0.2) is 59.3 Å². The predicted octanol–water partition coefficient (Wildman–Crippen LogP) is 5.09. The Bertz CT molecular complexity index is 1210. The minimum Gasteiger partial charge on any atom is -0.497 e. The lowest BCUT2D eigenvalue weighted by atomic mass is 10.2. The van der Waals surface area contributed by atoms with Gasteiger partial charge in [0.2, 0.25) is 5.91 Å². The summed E-state index contributed by atoms with van der Waals surface area (Å²) in [5, 5.41) is 14.6. The van der Waals surface area contributed by atoms with Gasteiger partial charge in [0.15, 0.2) is 10.3 Å². The molecule has 7 nitrogen and oxygen atoms in total. The number of hydrogen-bond donors (Lipinski definition) is 1. The van der Waals surface area contributed by atoms with Crippen molar-refractivity contribution in [3.63, 3.8) is 0 Å². The highest BCUT2D eigenvalue weighted by Crippen LogP contribution is 2.27. The van der Waals surface area contributed by atoms with E-state index in [0.717, 1.165) is 28.3 Å². The number of carbonyl (C=O) groups is 1. The lowest BCUT2D eigenvalue weighted by Crippen LogP contribution is -2.14. The molecule has 0 saturated heterocycles. The SMILES string of the molecule is COc1ccc(-c2csc(NC(=O)CSc3nncn3-c3ccc(C)c(Cl)c3)n2)cc1. The number of methoxy groups -OCH3 is 1. The maximum absolute atomic E-state index is 12.4. The molecule has 10 heteroatoms. The van der Waals surface area contributed by atoms with Gasteiger partial charge in [0.25, 0.3) is 0 Å². The Labute approximate surface area is 192 Å². The van der Waals surface area contributed by atoms with Crippen LogP contribution in [0.4, 0.5) is 5.13 Å². The van der Waals surface area contributed by atoms with E-state index < -0.39 is 0 Å². The molecule has 2 heterocycles. The summed E-state index contributed by atoms with van der Waals surface area (Å²) in [5.74, 6) is 0.790. The Morgan fingerprint density at radius 2 is 2.06 bits per heavy atom. The zero-order valence-corrected chi connectivity index (χ0v) is 19.1. The fourth-order valence-electron chi connectivity index (χ4n) is 2.74. The van der Waals surface area contributed by atoms with Crippen LogP contribution in [0.2, 0.25) is 5.02 Å². The second-order valence-electron chi connectivity index (χ2n) is 6.52. The molecular formula is C21H18ClN5O2S2. The van der Waals surface area contributed by atoms with Crippen LogP contribution in [-0.4, -0.2) is 38.5 Å². The molecule has 0 saturated carbocycles. The summed E-state index contributed by atoms with van der Waals surface area (Å²) in [4.78, 5) is 16.9. The van der Waals surface area contributed by atoms with E-state index in [9.17, 15) is 4.79 Å². The lowest BCUT2D eigenvalue weighted by molar-refractivity contribution is -0.113. The van der Waals surface area contributed by atoms with E-state index >= 15 is 0 Å². The van der Waals surface area contributed by atoms with Gasteiger partial charge in [-0.25, -0.2) is 4.98 Å². The van der Waals surface area contributed by atoms with Crippen LogP contribution in [0.5, 0.6) is 5.75 Å². The molecule has 0 spiro atoms. The number of carbonyl (C=O) groups excluding carboxylic acids is 1. The van der Waals surface area contributed by atoms with Gasteiger partial charge >= 0.3 is 0 Å². The number of thiazole rings is 1. The molecule has 2 aromatic carbocycles. The molecule has 2 aromatic heterocycles. The summed E-state index contributed by atoms with van der Waals surface area (Å²) in [6, 6.07) is 13.3. The number of halogens is 1. The summed E-state index contributed by atoms with van der Waals surface area (Å²) in [7, 11) is 1.63. The summed E-state index contributed by atoms with van der Waals surface area (Å²) >= 11 is 8.89. The van der Waals surface area contributed by atoms with Gasteiger partial charge < -0.3 is 10.1 Å². The third-order valence-electron chi connectivity index (χ3n) is 4.42. The highest BCUT2D eigenvalue weighted by Gasteiger charge is 2.13. The van der Waals surface area contributed by atoms with Crippen molar-refractivity contribution >= 4 is 45.7 Å². The summed E-state index contributed by atoms with van der Waals surface area (Å²) < 4.78 is 6.97. The Morgan fingerprint density at radius 3 is 2.81 bits per heavy atom. The van der Waals surface area contributed by atoms with Crippen LogP contribution >= 0.6 is 34.7 Å². The van der Waals surface area contributed by atoms with E-state index in [0.29, 0.717) is 15.3 Å². The highest BCUT2D eigenvalue weighted by atomic mass is 35.5. The molecule has 158 valence electrons. The Morgan fingerprint density at radius 1 is 1.26 bits per heavy atom. The number of thioether (sulfide) groups is 1. The van der Waals surface area contributed by atoms with Gasteiger partial charge in [0, 0.05) is 16.0 Å². The van der Waals surface area contributed by atoms with Gasteiger partial charge in [-0.05, 0) is 48.9 Å². The largest absolute Gasteiger partial charge is 0.497 e. The van der Waals surface area contributed by atoms with Crippen LogP contribution in [0.25, 0.3) is 16.9 Å². The van der Waals surface area contributed by atoms with Gasteiger partial charge in [-0.2, -0.15) is 0 Å². The number of amides is 1. The van der Waals surface area contributed by atoms with Crippen molar-refractivity contribution in [2.75, 3.05) is 18.2 Å². The maximum atomic E-state index is 12.4. The number of hydrogen-bond acceptors (Lipinski definition) is 7. The Hall–Kier alpha value is -2.88. The second kappa shape index (κ2) is 9.51. The van der Waals surface area contributed by atoms with Gasteiger partial charge in [-0.15, -0.1) is 21.5 Å². The maximum Gasteiger partial charge on any atom is 0.236 e. The van der Waals surface area contributed by atoms with Crippen LogP contribution in [0.1, 0.15) is 5.56 Å². The molecule has 4 aromatic rings. The Balaban J connectivity index is 1.38. The third kappa shape index (κ3) is 5.07. The first-order valence-corrected chi connectivity index (χ1v) is 11.5. The number of ether oxygens (including phenoxy) is 1. The molecule has 0 aliphatic rings. The molecule has 0 atom stereocenters. The number of aryl methyl sites for hydroxylation is 1. The predicted molar refractivity (Wildman–Crippen MR) is 125 cm³/mol. The van der Waals surface area contributed by atoms with E-state index in [-0.39, 0.29) is 11.7 Å². The van der Waals surface area contributed by atoms with Crippen LogP contribution in [0.3, 0.4) is 0 Å². The van der Waals surface area contributed by atoms with Gasteiger partial charge in [0.1, 0.15) is 12.1 Å². The molecule has 1 amide bonds. The molecule has 0 bridgehead atoms. The topological polar surface area (TPSA) is 81.9 Å². The van der Waals surface area contributed by atoms with E-state index in [1.54, 1.807) is 18.0 Å². The van der Waals surface area contributed by atoms with Crippen molar-refractivity contribution in [1.29, 1.82) is 0 Å². The number of nitrogens with one attached hydrogen (secondary N) is 1. The lowest BCUT2D eigenvalue weighted by Gasteiger charge is -2.07.